The fourth-order valence-corrected chi connectivity index (χ4v) is 2.65. The molecule has 0 spiro atoms. The molecule has 1 aromatic rings. The molecule has 0 aliphatic carbocycles. The van der Waals surface area contributed by atoms with E-state index in [-0.39, 0.29) is 19.0 Å². The average Bonchev–Trinajstić information content (AvgIpc) is 2.44. The van der Waals surface area contributed by atoms with Crippen LogP contribution in [0.15, 0.2) is 43.0 Å². The summed E-state index contributed by atoms with van der Waals surface area (Å²) in [6, 6.07) is 9.76. The number of carbonyl (C=O) groups is 1. The van der Waals surface area contributed by atoms with E-state index in [1.165, 1.54) is 10.4 Å². The highest BCUT2D eigenvalue weighted by molar-refractivity contribution is 7.88. The molecule has 0 saturated carbocycles. The first-order chi connectivity index (χ1) is 9.93. The quantitative estimate of drug-likeness (QED) is 0.697. The van der Waals surface area contributed by atoms with Crippen LogP contribution in [0.1, 0.15) is 12.0 Å². The fourth-order valence-electron chi connectivity index (χ4n) is 1.85. The highest BCUT2D eigenvalue weighted by Crippen LogP contribution is 2.02. The molecule has 0 aliphatic rings. The summed E-state index contributed by atoms with van der Waals surface area (Å²) in [5, 5.41) is 2.73. The lowest BCUT2D eigenvalue weighted by molar-refractivity contribution is -0.121. The monoisotopic (exact) mass is 310 g/mol. The van der Waals surface area contributed by atoms with Gasteiger partial charge in [0.15, 0.2) is 0 Å². The molecule has 1 N–H and O–H groups in total. The molecule has 1 amide bonds. The second-order valence-corrected chi connectivity index (χ2v) is 6.73. The third-order valence-electron chi connectivity index (χ3n) is 2.97. The van der Waals surface area contributed by atoms with Crippen molar-refractivity contribution in [3.05, 3.63) is 48.6 Å². The van der Waals surface area contributed by atoms with Crippen LogP contribution in [0.25, 0.3) is 0 Å². The third kappa shape index (κ3) is 7.06. The molecule has 0 bridgehead atoms. The number of carbonyl (C=O) groups excluding carboxylic acids is 1. The van der Waals surface area contributed by atoms with Crippen molar-refractivity contribution in [3.63, 3.8) is 0 Å². The maximum atomic E-state index is 11.7. The smallest absolute Gasteiger partial charge is 0.220 e. The summed E-state index contributed by atoms with van der Waals surface area (Å²) in [5.41, 5.74) is 1.11. The van der Waals surface area contributed by atoms with Crippen molar-refractivity contribution in [2.45, 2.75) is 12.8 Å². The van der Waals surface area contributed by atoms with Gasteiger partial charge in [0, 0.05) is 26.1 Å². The Morgan fingerprint density at radius 3 is 2.57 bits per heavy atom. The first-order valence-electron chi connectivity index (χ1n) is 6.80. The molecule has 6 heteroatoms. The van der Waals surface area contributed by atoms with Gasteiger partial charge in [0.1, 0.15) is 0 Å². The predicted octanol–water partition coefficient (Wildman–Crippen LogP) is 1.18. The van der Waals surface area contributed by atoms with Gasteiger partial charge in [0.25, 0.3) is 0 Å². The number of aryl methyl sites for hydroxylation is 1. The van der Waals surface area contributed by atoms with Gasteiger partial charge in [-0.25, -0.2) is 8.42 Å². The van der Waals surface area contributed by atoms with Gasteiger partial charge in [-0.2, -0.15) is 4.31 Å². The van der Waals surface area contributed by atoms with Gasteiger partial charge in [-0.05, 0) is 12.0 Å². The molecule has 0 heterocycles. The maximum absolute atomic E-state index is 11.7. The first kappa shape index (κ1) is 17.4. The highest BCUT2D eigenvalue weighted by atomic mass is 32.2. The summed E-state index contributed by atoms with van der Waals surface area (Å²) in [7, 11) is -3.27. The average molecular weight is 310 g/mol. The number of benzene rings is 1. The molecule has 5 nitrogen and oxygen atoms in total. The lowest BCUT2D eigenvalue weighted by Gasteiger charge is -2.18. The predicted molar refractivity (Wildman–Crippen MR) is 84.4 cm³/mol. The summed E-state index contributed by atoms with van der Waals surface area (Å²) < 4.78 is 24.2. The number of sulfonamides is 1. The Bertz CT molecular complexity index is 556. The number of hydrogen-bond acceptors (Lipinski definition) is 3. The van der Waals surface area contributed by atoms with Crippen LogP contribution in [-0.4, -0.2) is 44.5 Å². The van der Waals surface area contributed by atoms with E-state index >= 15 is 0 Å². The Balaban J connectivity index is 2.31. The number of amides is 1. The van der Waals surface area contributed by atoms with E-state index in [0.29, 0.717) is 19.4 Å². The molecule has 0 radical (unpaired) electrons. The molecule has 0 saturated heterocycles. The maximum Gasteiger partial charge on any atom is 0.220 e. The van der Waals surface area contributed by atoms with Crippen molar-refractivity contribution in [1.29, 1.82) is 0 Å². The van der Waals surface area contributed by atoms with Crippen LogP contribution in [0, 0.1) is 0 Å². The van der Waals surface area contributed by atoms with E-state index in [0.717, 1.165) is 11.8 Å². The molecule has 116 valence electrons. The van der Waals surface area contributed by atoms with Crippen LogP contribution in [0.3, 0.4) is 0 Å². The second kappa shape index (κ2) is 8.59. The Hall–Kier alpha value is -1.66. The lowest BCUT2D eigenvalue weighted by atomic mass is 10.1. The Morgan fingerprint density at radius 1 is 1.33 bits per heavy atom. The molecule has 1 aromatic carbocycles. The zero-order chi connectivity index (χ0) is 15.7. The molecular formula is C15H22N2O3S. The van der Waals surface area contributed by atoms with Crippen molar-refractivity contribution in [1.82, 2.24) is 9.62 Å². The SMILES string of the molecule is C=CCN(CCNC(=O)CCc1ccccc1)S(C)(=O)=O. The molecule has 0 fully saturated rings. The van der Waals surface area contributed by atoms with E-state index in [9.17, 15) is 13.2 Å². The number of hydrogen-bond donors (Lipinski definition) is 1. The minimum absolute atomic E-state index is 0.0779. The van der Waals surface area contributed by atoms with Crippen LogP contribution in [0.2, 0.25) is 0 Å². The molecule has 0 unspecified atom stereocenters. The van der Waals surface area contributed by atoms with Crippen molar-refractivity contribution in [2.24, 2.45) is 0 Å². The molecule has 0 aliphatic heterocycles. The van der Waals surface area contributed by atoms with Crippen molar-refractivity contribution in [3.8, 4) is 0 Å². The Kier molecular flexibility index (Phi) is 7.11. The zero-order valence-electron chi connectivity index (χ0n) is 12.3. The first-order valence-corrected chi connectivity index (χ1v) is 8.65. The van der Waals surface area contributed by atoms with Gasteiger partial charge in [0.2, 0.25) is 15.9 Å². The van der Waals surface area contributed by atoms with Crippen LogP contribution >= 0.6 is 0 Å². The minimum Gasteiger partial charge on any atom is -0.355 e. The minimum atomic E-state index is -3.27. The van der Waals surface area contributed by atoms with Gasteiger partial charge < -0.3 is 5.32 Å². The lowest BCUT2D eigenvalue weighted by Crippen LogP contribution is -2.38. The zero-order valence-corrected chi connectivity index (χ0v) is 13.1. The standard InChI is InChI=1S/C15H22N2O3S/c1-3-12-17(21(2,19)20)13-11-16-15(18)10-9-14-7-5-4-6-8-14/h3-8H,1,9-13H2,2H3,(H,16,18). The summed E-state index contributed by atoms with van der Waals surface area (Å²) in [6.45, 7) is 4.33. The van der Waals surface area contributed by atoms with Gasteiger partial charge in [-0.15, -0.1) is 6.58 Å². The van der Waals surface area contributed by atoms with Crippen LogP contribution in [-0.2, 0) is 21.2 Å². The van der Waals surface area contributed by atoms with Gasteiger partial charge in [-0.1, -0.05) is 36.4 Å². The summed E-state index contributed by atoms with van der Waals surface area (Å²) in [6.07, 6.45) is 3.74. The number of nitrogens with one attached hydrogen (secondary N) is 1. The van der Waals surface area contributed by atoms with Gasteiger partial charge in [-0.3, -0.25) is 4.79 Å². The van der Waals surface area contributed by atoms with Crippen molar-refractivity contribution < 1.29 is 13.2 Å². The van der Waals surface area contributed by atoms with Crippen LogP contribution in [0.5, 0.6) is 0 Å². The van der Waals surface area contributed by atoms with E-state index in [1.54, 1.807) is 0 Å². The van der Waals surface area contributed by atoms with Crippen LogP contribution < -0.4 is 5.32 Å². The van der Waals surface area contributed by atoms with Crippen molar-refractivity contribution in [2.75, 3.05) is 25.9 Å². The molecule has 0 aromatic heterocycles. The largest absolute Gasteiger partial charge is 0.355 e. The summed E-state index contributed by atoms with van der Waals surface area (Å²) in [5.74, 6) is -0.0779. The van der Waals surface area contributed by atoms with E-state index in [4.69, 9.17) is 0 Å². The van der Waals surface area contributed by atoms with E-state index in [2.05, 4.69) is 11.9 Å². The summed E-state index contributed by atoms with van der Waals surface area (Å²) in [4.78, 5) is 11.7. The van der Waals surface area contributed by atoms with Crippen molar-refractivity contribution >= 4 is 15.9 Å². The second-order valence-electron chi connectivity index (χ2n) is 4.75. The van der Waals surface area contributed by atoms with Gasteiger partial charge in [0.05, 0.1) is 6.26 Å². The number of rotatable bonds is 9. The molecular weight excluding hydrogens is 288 g/mol. The Labute approximate surface area is 126 Å². The molecule has 1 rings (SSSR count). The topological polar surface area (TPSA) is 66.5 Å². The summed E-state index contributed by atoms with van der Waals surface area (Å²) >= 11 is 0. The molecule has 0 atom stereocenters. The Morgan fingerprint density at radius 2 is 2.00 bits per heavy atom. The van der Waals surface area contributed by atoms with Gasteiger partial charge >= 0.3 is 0 Å². The van der Waals surface area contributed by atoms with E-state index in [1.807, 2.05) is 30.3 Å². The normalized spacial score (nSPS) is 11.3. The fraction of sp³-hybridized carbons (Fsp3) is 0.400. The third-order valence-corrected chi connectivity index (χ3v) is 4.24. The number of nitrogens with zero attached hydrogens (tertiary/aromatic N) is 1. The molecule has 21 heavy (non-hydrogen) atoms. The van der Waals surface area contributed by atoms with E-state index < -0.39 is 10.0 Å². The highest BCUT2D eigenvalue weighted by Gasteiger charge is 2.14. The van der Waals surface area contributed by atoms with Crippen LogP contribution in [0.4, 0.5) is 0 Å².